The van der Waals surface area contributed by atoms with Crippen LogP contribution in [0.2, 0.25) is 0 Å². The first-order valence-corrected chi connectivity index (χ1v) is 4.91. The summed E-state index contributed by atoms with van der Waals surface area (Å²) in [4.78, 5) is 22.1. The molecule has 5 N–H and O–H groups in total. The molecule has 6 nitrogen and oxygen atoms in total. The van der Waals surface area contributed by atoms with Gasteiger partial charge in [0.1, 0.15) is 0 Å². The van der Waals surface area contributed by atoms with Gasteiger partial charge in [-0.05, 0) is 11.6 Å². The summed E-state index contributed by atoms with van der Waals surface area (Å²) in [5.41, 5.74) is 5.09. The van der Waals surface area contributed by atoms with Crippen LogP contribution in [0.5, 0.6) is 0 Å². The zero-order chi connectivity index (χ0) is 13.0. The molecule has 0 aliphatic rings. The van der Waals surface area contributed by atoms with E-state index < -0.39 is 24.6 Å². The van der Waals surface area contributed by atoms with Crippen LogP contribution < -0.4 is 5.73 Å². The summed E-state index contributed by atoms with van der Waals surface area (Å²) in [5.74, 6) is -2.14. The second-order valence-corrected chi connectivity index (χ2v) is 3.55. The molecule has 0 aliphatic carbocycles. The van der Waals surface area contributed by atoms with Crippen LogP contribution in [0.25, 0.3) is 0 Å². The summed E-state index contributed by atoms with van der Waals surface area (Å²) in [6.45, 7) is -0.477. The fraction of sp³-hybridized carbons (Fsp3) is 0.273. The molecule has 1 aromatic carbocycles. The van der Waals surface area contributed by atoms with Crippen molar-refractivity contribution in [3.63, 3.8) is 0 Å². The van der Waals surface area contributed by atoms with Gasteiger partial charge in [-0.1, -0.05) is 12.1 Å². The molecule has 1 atom stereocenters. The van der Waals surface area contributed by atoms with Crippen molar-refractivity contribution in [2.45, 2.75) is 12.5 Å². The number of nitrogens with two attached hydrogens (primary N) is 1. The number of aliphatic hydroxyl groups excluding tert-OH is 2. The first kappa shape index (κ1) is 13.1. The Balaban J connectivity index is 3.25. The van der Waals surface area contributed by atoms with Crippen molar-refractivity contribution in [3.05, 3.63) is 34.9 Å². The van der Waals surface area contributed by atoms with Crippen LogP contribution in [0.15, 0.2) is 18.2 Å². The Labute approximate surface area is 97.3 Å². The number of carboxylic acids is 1. The minimum Gasteiger partial charge on any atom is -0.478 e. The lowest BCUT2D eigenvalue weighted by Crippen LogP contribution is -2.22. The quantitative estimate of drug-likeness (QED) is 0.545. The number of benzene rings is 1. The summed E-state index contributed by atoms with van der Waals surface area (Å²) in [5, 5.41) is 26.9. The second kappa shape index (κ2) is 5.42. The zero-order valence-corrected chi connectivity index (χ0v) is 8.96. The van der Waals surface area contributed by atoms with Crippen molar-refractivity contribution >= 4 is 11.9 Å². The highest BCUT2D eigenvalue weighted by atomic mass is 16.4. The number of carboxylic acid groups (broad SMARTS) is 1. The number of aliphatic hydroxyl groups is 2. The number of aromatic carboxylic acids is 1. The topological polar surface area (TPSA) is 121 Å². The van der Waals surface area contributed by atoms with Gasteiger partial charge in [-0.25, -0.2) is 4.79 Å². The van der Waals surface area contributed by atoms with Gasteiger partial charge in [-0.15, -0.1) is 0 Å². The van der Waals surface area contributed by atoms with Gasteiger partial charge in [0.05, 0.1) is 23.8 Å². The van der Waals surface area contributed by atoms with Crippen molar-refractivity contribution in [2.24, 2.45) is 5.73 Å². The number of primary amides is 1. The van der Waals surface area contributed by atoms with Gasteiger partial charge in [0.2, 0.25) is 5.91 Å². The van der Waals surface area contributed by atoms with Gasteiger partial charge in [-0.2, -0.15) is 0 Å². The maximum Gasteiger partial charge on any atom is 0.336 e. The number of hydrogen-bond acceptors (Lipinski definition) is 4. The number of rotatable bonds is 5. The molecule has 0 saturated carbocycles. The van der Waals surface area contributed by atoms with Gasteiger partial charge >= 0.3 is 5.97 Å². The highest BCUT2D eigenvalue weighted by Gasteiger charge is 2.19. The third-order valence-electron chi connectivity index (χ3n) is 2.29. The Kier molecular flexibility index (Phi) is 4.19. The fourth-order valence-corrected chi connectivity index (χ4v) is 1.56. The highest BCUT2D eigenvalue weighted by Crippen LogP contribution is 2.16. The van der Waals surface area contributed by atoms with Crippen molar-refractivity contribution in [3.8, 4) is 0 Å². The van der Waals surface area contributed by atoms with Crippen LogP contribution in [-0.4, -0.2) is 39.9 Å². The molecule has 1 aromatic rings. The minimum atomic E-state index is -1.26. The predicted molar refractivity (Wildman–Crippen MR) is 58.7 cm³/mol. The van der Waals surface area contributed by atoms with Crippen molar-refractivity contribution < 1.29 is 24.9 Å². The third kappa shape index (κ3) is 3.02. The molecule has 0 heterocycles. The van der Waals surface area contributed by atoms with E-state index in [-0.39, 0.29) is 17.5 Å². The summed E-state index contributed by atoms with van der Waals surface area (Å²) in [7, 11) is 0. The number of amides is 1. The van der Waals surface area contributed by atoms with Gasteiger partial charge < -0.3 is 21.1 Å². The highest BCUT2D eigenvalue weighted by molar-refractivity contribution is 6.05. The molecule has 1 unspecified atom stereocenters. The monoisotopic (exact) mass is 239 g/mol. The van der Waals surface area contributed by atoms with Crippen molar-refractivity contribution in [1.82, 2.24) is 0 Å². The van der Waals surface area contributed by atoms with E-state index in [0.717, 1.165) is 0 Å². The van der Waals surface area contributed by atoms with E-state index in [9.17, 15) is 14.7 Å². The summed E-state index contributed by atoms with van der Waals surface area (Å²) in [6.07, 6.45) is -1.09. The van der Waals surface area contributed by atoms with E-state index in [1.54, 1.807) is 0 Å². The first-order valence-electron chi connectivity index (χ1n) is 4.91. The molecule has 0 aliphatic heterocycles. The van der Waals surface area contributed by atoms with E-state index in [4.69, 9.17) is 15.9 Å². The molecular formula is C11H13NO5. The Morgan fingerprint density at radius 3 is 2.47 bits per heavy atom. The molecular weight excluding hydrogens is 226 g/mol. The SMILES string of the molecule is NC(=O)c1c(CC(O)CO)cccc1C(=O)O. The van der Waals surface area contributed by atoms with Gasteiger partial charge in [-0.3, -0.25) is 4.79 Å². The van der Waals surface area contributed by atoms with Crippen molar-refractivity contribution in [2.75, 3.05) is 6.61 Å². The number of carbonyl (C=O) groups excluding carboxylic acids is 1. The lowest BCUT2D eigenvalue weighted by molar-refractivity contribution is 0.0691. The Morgan fingerprint density at radius 2 is 2.00 bits per heavy atom. The fourth-order valence-electron chi connectivity index (χ4n) is 1.56. The minimum absolute atomic E-state index is 0.0319. The summed E-state index contributed by atoms with van der Waals surface area (Å²) < 4.78 is 0. The largest absolute Gasteiger partial charge is 0.478 e. The average Bonchev–Trinajstić information content (AvgIpc) is 2.28. The molecule has 92 valence electrons. The molecule has 1 rings (SSSR count). The number of hydrogen-bond donors (Lipinski definition) is 4. The molecule has 17 heavy (non-hydrogen) atoms. The molecule has 0 fully saturated rings. The van der Waals surface area contributed by atoms with Gasteiger partial charge in [0.25, 0.3) is 0 Å². The number of carbonyl (C=O) groups is 2. The van der Waals surface area contributed by atoms with E-state index in [0.29, 0.717) is 5.56 Å². The molecule has 0 saturated heterocycles. The Bertz CT molecular complexity index is 443. The van der Waals surface area contributed by atoms with Crippen molar-refractivity contribution in [1.29, 1.82) is 0 Å². The molecule has 0 aromatic heterocycles. The smallest absolute Gasteiger partial charge is 0.336 e. The average molecular weight is 239 g/mol. The molecule has 0 bridgehead atoms. The zero-order valence-electron chi connectivity index (χ0n) is 8.96. The maximum absolute atomic E-state index is 11.2. The van der Waals surface area contributed by atoms with Crippen LogP contribution in [0, 0.1) is 0 Å². The van der Waals surface area contributed by atoms with Crippen LogP contribution in [0.1, 0.15) is 26.3 Å². The second-order valence-electron chi connectivity index (χ2n) is 3.55. The molecule has 6 heteroatoms. The maximum atomic E-state index is 11.2. The normalized spacial score (nSPS) is 12.1. The summed E-state index contributed by atoms with van der Waals surface area (Å²) in [6, 6.07) is 4.21. The van der Waals surface area contributed by atoms with Crippen LogP contribution in [0.4, 0.5) is 0 Å². The molecule has 0 radical (unpaired) electrons. The Morgan fingerprint density at radius 1 is 1.35 bits per heavy atom. The lowest BCUT2D eigenvalue weighted by atomic mass is 9.96. The van der Waals surface area contributed by atoms with Crippen LogP contribution >= 0.6 is 0 Å². The summed E-state index contributed by atoms with van der Waals surface area (Å²) >= 11 is 0. The molecule has 0 spiro atoms. The van der Waals surface area contributed by atoms with Crippen LogP contribution in [-0.2, 0) is 6.42 Å². The van der Waals surface area contributed by atoms with E-state index in [1.165, 1.54) is 18.2 Å². The predicted octanol–water partition coefficient (Wildman–Crippen LogP) is -0.621. The molecule has 1 amide bonds. The van der Waals surface area contributed by atoms with E-state index in [1.807, 2.05) is 0 Å². The lowest BCUT2D eigenvalue weighted by Gasteiger charge is -2.12. The van der Waals surface area contributed by atoms with Gasteiger partial charge in [0.15, 0.2) is 0 Å². The standard InChI is InChI=1S/C11H13NO5/c12-10(15)9-6(4-7(14)5-13)2-1-3-8(9)11(16)17/h1-3,7,13-14H,4-5H2,(H2,12,15)(H,16,17). The Hall–Kier alpha value is -1.92. The van der Waals surface area contributed by atoms with Gasteiger partial charge in [0, 0.05) is 6.42 Å². The van der Waals surface area contributed by atoms with E-state index >= 15 is 0 Å². The third-order valence-corrected chi connectivity index (χ3v) is 2.29. The first-order chi connectivity index (χ1) is 7.97. The van der Waals surface area contributed by atoms with Crippen LogP contribution in [0.3, 0.4) is 0 Å². The van der Waals surface area contributed by atoms with E-state index in [2.05, 4.69) is 0 Å².